The molecule has 2 heterocycles. The van der Waals surface area contributed by atoms with Gasteiger partial charge < -0.3 is 14.8 Å². The molecule has 1 atom stereocenters. The highest BCUT2D eigenvalue weighted by atomic mass is 32.2. The maximum atomic E-state index is 13.3. The number of amides is 2. The normalized spacial score (nSPS) is 23.9. The molecule has 1 fully saturated rings. The number of hydrogen-bond acceptors (Lipinski definition) is 3. The van der Waals surface area contributed by atoms with Crippen molar-refractivity contribution in [1.82, 2.24) is 14.8 Å². The van der Waals surface area contributed by atoms with Crippen LogP contribution in [0.4, 0.5) is 0 Å². The Morgan fingerprint density at radius 2 is 1.87 bits per heavy atom. The van der Waals surface area contributed by atoms with Gasteiger partial charge in [0.05, 0.1) is 5.69 Å². The largest absolute Gasteiger partial charge is 0.351 e. The summed E-state index contributed by atoms with van der Waals surface area (Å²) in [6.07, 6.45) is 9.06. The summed E-state index contributed by atoms with van der Waals surface area (Å²) < 4.78 is 1.92. The van der Waals surface area contributed by atoms with Crippen molar-refractivity contribution in [1.29, 1.82) is 0 Å². The third-order valence-electron chi connectivity index (χ3n) is 6.49. The van der Waals surface area contributed by atoms with E-state index in [2.05, 4.69) is 42.8 Å². The monoisotopic (exact) mass is 425 g/mol. The highest BCUT2D eigenvalue weighted by molar-refractivity contribution is 7.98. The summed E-state index contributed by atoms with van der Waals surface area (Å²) in [4.78, 5) is 29.3. The van der Waals surface area contributed by atoms with Gasteiger partial charge in [-0.25, -0.2) is 0 Å². The summed E-state index contributed by atoms with van der Waals surface area (Å²) in [6.45, 7) is 3.12. The minimum Gasteiger partial charge on any atom is -0.351 e. The molecule has 5 nitrogen and oxygen atoms in total. The molecule has 1 unspecified atom stereocenters. The summed E-state index contributed by atoms with van der Waals surface area (Å²) in [5.41, 5.74) is 2.09. The Morgan fingerprint density at radius 1 is 1.13 bits per heavy atom. The molecule has 0 radical (unpaired) electrons. The van der Waals surface area contributed by atoms with Crippen LogP contribution in [-0.2, 0) is 22.6 Å². The van der Waals surface area contributed by atoms with Crippen molar-refractivity contribution in [3.8, 4) is 0 Å². The smallest absolute Gasteiger partial charge is 0.249 e. The number of rotatable bonds is 6. The van der Waals surface area contributed by atoms with E-state index in [4.69, 9.17) is 0 Å². The van der Waals surface area contributed by atoms with Gasteiger partial charge in [-0.1, -0.05) is 19.1 Å². The van der Waals surface area contributed by atoms with Crippen molar-refractivity contribution >= 4 is 23.6 Å². The first-order chi connectivity index (χ1) is 14.5. The maximum Gasteiger partial charge on any atom is 0.249 e. The fourth-order valence-corrected chi connectivity index (χ4v) is 5.02. The number of carbonyl (C=O) groups is 2. The van der Waals surface area contributed by atoms with Crippen LogP contribution in [-0.4, -0.2) is 40.1 Å². The van der Waals surface area contributed by atoms with E-state index < -0.39 is 6.04 Å². The first kappa shape index (κ1) is 21.0. The van der Waals surface area contributed by atoms with Gasteiger partial charge in [-0.15, -0.1) is 11.8 Å². The zero-order valence-corrected chi connectivity index (χ0v) is 18.7. The van der Waals surface area contributed by atoms with Gasteiger partial charge >= 0.3 is 0 Å². The van der Waals surface area contributed by atoms with Crippen LogP contribution in [0.5, 0.6) is 0 Å². The molecule has 1 aromatic carbocycles. The predicted octanol–water partition coefficient (Wildman–Crippen LogP) is 4.03. The predicted molar refractivity (Wildman–Crippen MR) is 120 cm³/mol. The van der Waals surface area contributed by atoms with E-state index in [0.717, 1.165) is 43.7 Å². The van der Waals surface area contributed by atoms with Crippen molar-refractivity contribution in [3.63, 3.8) is 0 Å². The SMILES string of the molecule is CSc1ccc(CCN2C(=O)Cn3cccc3C2C(=O)NC2CCC(C)CC2)cc1. The molecule has 1 saturated carbocycles. The number of thioether (sulfide) groups is 1. The highest BCUT2D eigenvalue weighted by Crippen LogP contribution is 2.29. The first-order valence-electron chi connectivity index (χ1n) is 10.9. The standard InChI is InChI=1S/C24H31N3O2S/c1-17-5-9-19(10-6-17)25-24(29)23-21-4-3-14-26(21)16-22(28)27(23)15-13-18-7-11-20(30-2)12-8-18/h3-4,7-8,11-12,14,17,19,23H,5-6,9-10,13,15-16H2,1-2H3,(H,25,29). The molecule has 1 aliphatic heterocycles. The van der Waals surface area contributed by atoms with E-state index in [1.807, 2.05) is 22.9 Å². The maximum absolute atomic E-state index is 13.3. The topological polar surface area (TPSA) is 54.3 Å². The van der Waals surface area contributed by atoms with Gasteiger partial charge in [-0.05, 0) is 74.1 Å². The third-order valence-corrected chi connectivity index (χ3v) is 7.24. The number of nitrogens with one attached hydrogen (secondary N) is 1. The molecule has 0 saturated heterocycles. The Morgan fingerprint density at radius 3 is 2.57 bits per heavy atom. The fourth-order valence-electron chi connectivity index (χ4n) is 4.62. The van der Waals surface area contributed by atoms with Crippen LogP contribution in [0.25, 0.3) is 0 Å². The van der Waals surface area contributed by atoms with Crippen molar-refractivity contribution in [2.24, 2.45) is 5.92 Å². The Bertz CT molecular complexity index is 884. The van der Waals surface area contributed by atoms with Crippen LogP contribution < -0.4 is 5.32 Å². The average molecular weight is 426 g/mol. The molecule has 4 rings (SSSR count). The molecule has 0 spiro atoms. The summed E-state index contributed by atoms with van der Waals surface area (Å²) >= 11 is 1.72. The second-order valence-electron chi connectivity index (χ2n) is 8.61. The molecule has 2 aliphatic rings. The zero-order valence-electron chi connectivity index (χ0n) is 17.8. The lowest BCUT2D eigenvalue weighted by Gasteiger charge is -2.37. The Kier molecular flexibility index (Phi) is 6.52. The van der Waals surface area contributed by atoms with Crippen LogP contribution in [0.3, 0.4) is 0 Å². The fraction of sp³-hybridized carbons (Fsp3) is 0.500. The summed E-state index contributed by atoms with van der Waals surface area (Å²) in [5.74, 6) is 0.706. The van der Waals surface area contributed by atoms with Gasteiger partial charge in [0.2, 0.25) is 11.8 Å². The minimum atomic E-state index is -0.550. The molecule has 1 N–H and O–H groups in total. The second-order valence-corrected chi connectivity index (χ2v) is 9.49. The highest BCUT2D eigenvalue weighted by Gasteiger charge is 2.38. The zero-order chi connectivity index (χ0) is 21.1. The Balaban J connectivity index is 1.49. The number of fused-ring (bicyclic) bond motifs is 1. The molecule has 2 aromatic rings. The molecule has 1 aliphatic carbocycles. The molecule has 6 heteroatoms. The van der Waals surface area contributed by atoms with E-state index >= 15 is 0 Å². The van der Waals surface area contributed by atoms with Gasteiger partial charge in [0.15, 0.2) is 6.04 Å². The van der Waals surface area contributed by atoms with Crippen LogP contribution in [0.15, 0.2) is 47.5 Å². The number of aromatic nitrogens is 1. The van der Waals surface area contributed by atoms with Gasteiger partial charge in [-0.2, -0.15) is 0 Å². The van der Waals surface area contributed by atoms with Gasteiger partial charge in [0.25, 0.3) is 0 Å². The Labute approximate surface area is 183 Å². The second kappa shape index (κ2) is 9.29. The van der Waals surface area contributed by atoms with Crippen LogP contribution in [0.2, 0.25) is 0 Å². The summed E-state index contributed by atoms with van der Waals surface area (Å²) in [5, 5.41) is 3.25. The average Bonchev–Trinajstić information content (AvgIpc) is 3.21. The van der Waals surface area contributed by atoms with E-state index in [1.165, 1.54) is 10.5 Å². The number of benzene rings is 1. The van der Waals surface area contributed by atoms with E-state index in [1.54, 1.807) is 16.7 Å². The van der Waals surface area contributed by atoms with Gasteiger partial charge in [0.1, 0.15) is 6.54 Å². The molecule has 2 amide bonds. The molecule has 160 valence electrons. The molecular formula is C24H31N3O2S. The van der Waals surface area contributed by atoms with Crippen molar-refractivity contribution in [3.05, 3.63) is 53.9 Å². The van der Waals surface area contributed by atoms with Crippen molar-refractivity contribution in [2.45, 2.75) is 62.6 Å². The van der Waals surface area contributed by atoms with Gasteiger partial charge in [-0.3, -0.25) is 9.59 Å². The van der Waals surface area contributed by atoms with E-state index in [0.29, 0.717) is 13.1 Å². The minimum absolute atomic E-state index is 0.0110. The Hall–Kier alpha value is -2.21. The lowest BCUT2D eigenvalue weighted by Crippen LogP contribution is -2.51. The quantitative estimate of drug-likeness (QED) is 0.711. The van der Waals surface area contributed by atoms with Crippen molar-refractivity contribution in [2.75, 3.05) is 12.8 Å². The molecule has 0 bridgehead atoms. The first-order valence-corrected chi connectivity index (χ1v) is 12.2. The molecule has 30 heavy (non-hydrogen) atoms. The summed E-state index contributed by atoms with van der Waals surface area (Å²) in [7, 11) is 0. The molecular weight excluding hydrogens is 394 g/mol. The van der Waals surface area contributed by atoms with E-state index in [-0.39, 0.29) is 17.9 Å². The van der Waals surface area contributed by atoms with Crippen LogP contribution in [0.1, 0.15) is 49.9 Å². The van der Waals surface area contributed by atoms with Gasteiger partial charge in [0, 0.05) is 23.7 Å². The third kappa shape index (κ3) is 4.59. The van der Waals surface area contributed by atoms with Crippen LogP contribution in [0, 0.1) is 5.92 Å². The summed E-state index contributed by atoms with van der Waals surface area (Å²) in [6, 6.07) is 12.0. The lowest BCUT2D eigenvalue weighted by molar-refractivity contribution is -0.144. The van der Waals surface area contributed by atoms with Crippen molar-refractivity contribution < 1.29 is 9.59 Å². The molecule has 1 aromatic heterocycles. The number of nitrogens with zero attached hydrogens (tertiary/aromatic N) is 2. The lowest BCUT2D eigenvalue weighted by atomic mass is 9.87. The number of carbonyl (C=O) groups excluding carboxylic acids is 2. The number of hydrogen-bond donors (Lipinski definition) is 1. The van der Waals surface area contributed by atoms with Crippen LogP contribution >= 0.6 is 11.8 Å². The van der Waals surface area contributed by atoms with E-state index in [9.17, 15) is 9.59 Å².